The number of hydrogen-bond donors (Lipinski definition) is 2. The molecule has 130 valence electrons. The summed E-state index contributed by atoms with van der Waals surface area (Å²) in [4.78, 5) is 0. The third-order valence-electron chi connectivity index (χ3n) is 4.65. The van der Waals surface area contributed by atoms with Gasteiger partial charge in [-0.3, -0.25) is 5.10 Å². The molecule has 0 saturated heterocycles. The molecule has 0 radical (unpaired) electrons. The smallest absolute Gasteiger partial charge is 0.244 e. The lowest BCUT2D eigenvalue weighted by Crippen LogP contribution is -2.21. The van der Waals surface area contributed by atoms with Crippen molar-refractivity contribution in [3.8, 4) is 17.7 Å². The van der Waals surface area contributed by atoms with E-state index in [4.69, 9.17) is 15.2 Å². The molecule has 1 unspecified atom stereocenters. The highest BCUT2D eigenvalue weighted by Crippen LogP contribution is 2.47. The predicted molar refractivity (Wildman–Crippen MR) is 97.7 cm³/mol. The SMILES string of the molecule is CCOc1ccc2ccccc2c1C1C(C#N)=C(N)Oc2n[nH]c(C)c21. The summed E-state index contributed by atoms with van der Waals surface area (Å²) in [6.07, 6.45) is 0. The Balaban J connectivity index is 2.09. The normalized spacial score (nSPS) is 16.1. The lowest BCUT2D eigenvalue weighted by molar-refractivity contribution is 0.334. The highest BCUT2D eigenvalue weighted by molar-refractivity contribution is 5.90. The summed E-state index contributed by atoms with van der Waals surface area (Å²) in [6, 6.07) is 14.2. The standard InChI is InChI=1S/C20H18N4O2/c1-3-25-15-9-8-12-6-4-5-7-13(12)17(15)18-14(10-21)19(22)26-20-16(18)11(2)23-24-20/h4-9,18H,3,22H2,1-2H3,(H,23,24). The van der Waals surface area contributed by atoms with E-state index in [1.165, 1.54) is 0 Å². The Labute approximate surface area is 150 Å². The van der Waals surface area contributed by atoms with Crippen LogP contribution in [0.5, 0.6) is 11.6 Å². The summed E-state index contributed by atoms with van der Waals surface area (Å²) in [6.45, 7) is 4.37. The number of benzene rings is 2. The third kappa shape index (κ3) is 2.29. The van der Waals surface area contributed by atoms with Crippen LogP contribution in [0.25, 0.3) is 10.8 Å². The van der Waals surface area contributed by atoms with Crippen LogP contribution in [0.15, 0.2) is 47.9 Å². The fourth-order valence-electron chi connectivity index (χ4n) is 3.54. The first-order valence-corrected chi connectivity index (χ1v) is 8.42. The molecule has 2 aromatic carbocycles. The molecule has 26 heavy (non-hydrogen) atoms. The van der Waals surface area contributed by atoms with Gasteiger partial charge in [0.1, 0.15) is 17.4 Å². The Kier molecular flexibility index (Phi) is 3.77. The van der Waals surface area contributed by atoms with Gasteiger partial charge in [0.25, 0.3) is 0 Å². The van der Waals surface area contributed by atoms with Crippen LogP contribution in [0.3, 0.4) is 0 Å². The van der Waals surface area contributed by atoms with Gasteiger partial charge in [-0.1, -0.05) is 30.3 Å². The fraction of sp³-hybridized carbons (Fsp3) is 0.200. The summed E-state index contributed by atoms with van der Waals surface area (Å²) in [5, 5.41) is 19.0. The van der Waals surface area contributed by atoms with Gasteiger partial charge in [-0.2, -0.15) is 5.26 Å². The number of ether oxygens (including phenoxy) is 2. The van der Waals surface area contributed by atoms with Crippen molar-refractivity contribution in [3.05, 3.63) is 64.7 Å². The summed E-state index contributed by atoms with van der Waals surface area (Å²) < 4.78 is 11.5. The maximum Gasteiger partial charge on any atom is 0.244 e. The van der Waals surface area contributed by atoms with E-state index in [0.29, 0.717) is 18.1 Å². The minimum atomic E-state index is -0.407. The van der Waals surface area contributed by atoms with Gasteiger partial charge in [-0.25, -0.2) is 0 Å². The molecule has 6 nitrogen and oxygen atoms in total. The first-order chi connectivity index (χ1) is 12.7. The van der Waals surface area contributed by atoms with E-state index in [0.717, 1.165) is 33.3 Å². The van der Waals surface area contributed by atoms with Crippen LogP contribution < -0.4 is 15.2 Å². The van der Waals surface area contributed by atoms with E-state index in [-0.39, 0.29) is 5.88 Å². The van der Waals surface area contributed by atoms with Gasteiger partial charge < -0.3 is 15.2 Å². The molecule has 0 bridgehead atoms. The zero-order valence-corrected chi connectivity index (χ0v) is 14.5. The average molecular weight is 346 g/mol. The van der Waals surface area contributed by atoms with Gasteiger partial charge in [0.05, 0.1) is 12.5 Å². The number of aromatic nitrogens is 2. The second-order valence-corrected chi connectivity index (χ2v) is 6.12. The van der Waals surface area contributed by atoms with Crippen LogP contribution >= 0.6 is 0 Å². The minimum Gasteiger partial charge on any atom is -0.494 e. The van der Waals surface area contributed by atoms with Gasteiger partial charge in [-0.15, -0.1) is 5.10 Å². The second-order valence-electron chi connectivity index (χ2n) is 6.12. The van der Waals surface area contributed by atoms with E-state index in [2.05, 4.69) is 16.3 Å². The fourth-order valence-corrected chi connectivity index (χ4v) is 3.54. The van der Waals surface area contributed by atoms with E-state index in [9.17, 15) is 5.26 Å². The highest BCUT2D eigenvalue weighted by Gasteiger charge is 2.36. The zero-order valence-electron chi connectivity index (χ0n) is 14.5. The molecule has 6 heteroatoms. The molecule has 0 saturated carbocycles. The number of aromatic amines is 1. The number of aryl methyl sites for hydroxylation is 1. The van der Waals surface area contributed by atoms with Crippen molar-refractivity contribution in [2.45, 2.75) is 19.8 Å². The molecular formula is C20H18N4O2. The van der Waals surface area contributed by atoms with Crippen LogP contribution in [0.4, 0.5) is 0 Å². The number of nitriles is 1. The Morgan fingerprint density at radius 1 is 1.27 bits per heavy atom. The van der Waals surface area contributed by atoms with Crippen molar-refractivity contribution in [3.63, 3.8) is 0 Å². The van der Waals surface area contributed by atoms with Crippen molar-refractivity contribution >= 4 is 10.8 Å². The molecule has 1 aliphatic rings. The second kappa shape index (κ2) is 6.12. The number of nitrogens with two attached hydrogens (primary N) is 1. The third-order valence-corrected chi connectivity index (χ3v) is 4.65. The molecule has 3 N–H and O–H groups in total. The van der Waals surface area contributed by atoms with E-state index < -0.39 is 5.92 Å². The van der Waals surface area contributed by atoms with Gasteiger partial charge >= 0.3 is 0 Å². The van der Waals surface area contributed by atoms with Gasteiger partial charge in [0.2, 0.25) is 11.8 Å². The van der Waals surface area contributed by atoms with Crippen LogP contribution in [-0.2, 0) is 0 Å². The average Bonchev–Trinajstić information content (AvgIpc) is 3.01. The summed E-state index contributed by atoms with van der Waals surface area (Å²) in [7, 11) is 0. The Hall–Kier alpha value is -3.46. The van der Waals surface area contributed by atoms with Crippen LogP contribution in [-0.4, -0.2) is 16.8 Å². The van der Waals surface area contributed by atoms with Crippen molar-refractivity contribution in [2.24, 2.45) is 5.73 Å². The highest BCUT2D eigenvalue weighted by atomic mass is 16.5. The first kappa shape index (κ1) is 16.0. The number of fused-ring (bicyclic) bond motifs is 2. The van der Waals surface area contributed by atoms with Crippen LogP contribution in [0, 0.1) is 18.3 Å². The van der Waals surface area contributed by atoms with E-state index >= 15 is 0 Å². The number of hydrogen-bond acceptors (Lipinski definition) is 5. The Morgan fingerprint density at radius 3 is 2.85 bits per heavy atom. The molecule has 1 aromatic heterocycles. The van der Waals surface area contributed by atoms with Crippen molar-refractivity contribution in [1.82, 2.24) is 10.2 Å². The summed E-state index contributed by atoms with van der Waals surface area (Å²) >= 11 is 0. The number of rotatable bonds is 3. The number of nitrogens with one attached hydrogen (secondary N) is 1. The molecule has 1 aliphatic heterocycles. The first-order valence-electron chi connectivity index (χ1n) is 8.42. The maximum absolute atomic E-state index is 9.80. The van der Waals surface area contributed by atoms with E-state index in [1.54, 1.807) is 0 Å². The molecular weight excluding hydrogens is 328 g/mol. The Bertz CT molecular complexity index is 1080. The topological polar surface area (TPSA) is 96.9 Å². The van der Waals surface area contributed by atoms with Crippen LogP contribution in [0.2, 0.25) is 0 Å². The molecule has 4 rings (SSSR count). The summed E-state index contributed by atoms with van der Waals surface area (Å²) in [5.41, 5.74) is 8.96. The number of allylic oxidation sites excluding steroid dienone is 1. The lowest BCUT2D eigenvalue weighted by Gasteiger charge is -2.26. The lowest BCUT2D eigenvalue weighted by atomic mass is 9.81. The largest absolute Gasteiger partial charge is 0.494 e. The molecule has 1 atom stereocenters. The van der Waals surface area contributed by atoms with Crippen molar-refractivity contribution < 1.29 is 9.47 Å². The zero-order chi connectivity index (χ0) is 18.3. The molecule has 3 aromatic rings. The molecule has 0 aliphatic carbocycles. The van der Waals surface area contributed by atoms with Crippen molar-refractivity contribution in [2.75, 3.05) is 6.61 Å². The molecule has 2 heterocycles. The van der Waals surface area contributed by atoms with E-state index in [1.807, 2.05) is 50.2 Å². The minimum absolute atomic E-state index is 0.0758. The van der Waals surface area contributed by atoms with Gasteiger partial charge in [-0.05, 0) is 30.7 Å². The predicted octanol–water partition coefficient (Wildman–Crippen LogP) is 3.49. The molecule has 0 fully saturated rings. The van der Waals surface area contributed by atoms with Crippen LogP contribution in [0.1, 0.15) is 29.7 Å². The molecule has 0 spiro atoms. The van der Waals surface area contributed by atoms with Gasteiger partial charge in [0, 0.05) is 16.8 Å². The monoisotopic (exact) mass is 346 g/mol. The van der Waals surface area contributed by atoms with Gasteiger partial charge in [0.15, 0.2) is 0 Å². The maximum atomic E-state index is 9.80. The van der Waals surface area contributed by atoms with Crippen molar-refractivity contribution in [1.29, 1.82) is 5.26 Å². The Morgan fingerprint density at radius 2 is 2.08 bits per heavy atom. The molecule has 0 amide bonds. The number of H-pyrrole nitrogens is 1. The number of nitrogens with zero attached hydrogens (tertiary/aromatic N) is 2. The quantitative estimate of drug-likeness (QED) is 0.756. The summed E-state index contributed by atoms with van der Waals surface area (Å²) in [5.74, 6) is 0.798.